The zero-order valence-electron chi connectivity index (χ0n) is 17.5. The smallest absolute Gasteiger partial charge is 0.338 e. The van der Waals surface area contributed by atoms with Crippen molar-refractivity contribution in [1.82, 2.24) is 0 Å². The molecule has 158 valence electrons. The van der Waals surface area contributed by atoms with Crippen molar-refractivity contribution < 1.29 is 28.6 Å². The Labute approximate surface area is 180 Å². The van der Waals surface area contributed by atoms with Gasteiger partial charge in [-0.05, 0) is 66.6 Å². The predicted molar refractivity (Wildman–Crippen MR) is 115 cm³/mol. The van der Waals surface area contributed by atoms with Crippen LogP contribution in [0.4, 0.5) is 0 Å². The molecule has 0 aliphatic heterocycles. The van der Waals surface area contributed by atoms with Gasteiger partial charge in [0.1, 0.15) is 11.5 Å². The maximum Gasteiger partial charge on any atom is 0.338 e. The van der Waals surface area contributed by atoms with E-state index in [1.807, 2.05) is 12.1 Å². The second kappa shape index (κ2) is 9.71. The van der Waals surface area contributed by atoms with Crippen LogP contribution in [0.25, 0.3) is 11.1 Å². The summed E-state index contributed by atoms with van der Waals surface area (Å²) in [6.45, 7) is 2.89. The highest BCUT2D eigenvalue weighted by Crippen LogP contribution is 2.23. The van der Waals surface area contributed by atoms with Gasteiger partial charge in [-0.3, -0.25) is 9.59 Å². The minimum atomic E-state index is -0.922. The fourth-order valence-corrected chi connectivity index (χ4v) is 2.95. The fourth-order valence-electron chi connectivity index (χ4n) is 2.95. The number of carbonyl (C=O) groups is 3. The molecule has 0 heterocycles. The SMILES string of the molecule is COc1ccc(C(=O)[C@H](C)OC(=O)c2ccc(-c3ccc(OC(C)=O)cc3)cc2)cc1. The van der Waals surface area contributed by atoms with E-state index in [1.165, 1.54) is 6.92 Å². The summed E-state index contributed by atoms with van der Waals surface area (Å²) in [6.07, 6.45) is -0.922. The van der Waals surface area contributed by atoms with Gasteiger partial charge in [0.15, 0.2) is 6.10 Å². The molecule has 0 amide bonds. The van der Waals surface area contributed by atoms with Crippen molar-refractivity contribution in [3.8, 4) is 22.6 Å². The summed E-state index contributed by atoms with van der Waals surface area (Å²) in [5, 5.41) is 0. The number of ketones is 1. The molecule has 31 heavy (non-hydrogen) atoms. The molecule has 6 nitrogen and oxygen atoms in total. The van der Waals surface area contributed by atoms with Gasteiger partial charge in [0.2, 0.25) is 5.78 Å². The highest BCUT2D eigenvalue weighted by atomic mass is 16.5. The monoisotopic (exact) mass is 418 g/mol. The summed E-state index contributed by atoms with van der Waals surface area (Å²) in [7, 11) is 1.55. The van der Waals surface area contributed by atoms with Crippen LogP contribution < -0.4 is 9.47 Å². The molecule has 0 N–H and O–H groups in total. The highest BCUT2D eigenvalue weighted by Gasteiger charge is 2.20. The van der Waals surface area contributed by atoms with Crippen molar-refractivity contribution in [1.29, 1.82) is 0 Å². The molecular weight excluding hydrogens is 396 g/mol. The van der Waals surface area contributed by atoms with Crippen LogP contribution in [0.2, 0.25) is 0 Å². The average molecular weight is 418 g/mol. The molecule has 6 heteroatoms. The molecule has 1 atom stereocenters. The van der Waals surface area contributed by atoms with E-state index < -0.39 is 12.1 Å². The third kappa shape index (κ3) is 5.57. The summed E-state index contributed by atoms with van der Waals surface area (Å²) in [4.78, 5) is 35.9. The van der Waals surface area contributed by atoms with Crippen molar-refractivity contribution in [3.05, 3.63) is 83.9 Å². The molecule has 3 rings (SSSR count). The Morgan fingerprint density at radius 1 is 0.710 bits per heavy atom. The lowest BCUT2D eigenvalue weighted by Gasteiger charge is -2.13. The van der Waals surface area contributed by atoms with Crippen LogP contribution in [0.5, 0.6) is 11.5 Å². The summed E-state index contributed by atoms with van der Waals surface area (Å²) < 4.78 is 15.4. The van der Waals surface area contributed by atoms with E-state index in [1.54, 1.807) is 74.7 Å². The lowest BCUT2D eigenvalue weighted by Crippen LogP contribution is -2.24. The van der Waals surface area contributed by atoms with Crippen molar-refractivity contribution in [2.75, 3.05) is 7.11 Å². The number of esters is 2. The summed E-state index contributed by atoms with van der Waals surface area (Å²) in [5.74, 6) is -0.142. The molecule has 0 bridgehead atoms. The van der Waals surface area contributed by atoms with Crippen LogP contribution in [0, 0.1) is 0 Å². The lowest BCUT2D eigenvalue weighted by atomic mass is 10.0. The number of methoxy groups -OCH3 is 1. The van der Waals surface area contributed by atoms with E-state index in [0.717, 1.165) is 11.1 Å². The maximum atomic E-state index is 12.5. The van der Waals surface area contributed by atoms with Gasteiger partial charge in [-0.1, -0.05) is 24.3 Å². The summed E-state index contributed by atoms with van der Waals surface area (Å²) in [6, 6.07) is 20.5. The van der Waals surface area contributed by atoms with E-state index >= 15 is 0 Å². The largest absolute Gasteiger partial charge is 0.497 e. The molecule has 0 saturated carbocycles. The Kier molecular flexibility index (Phi) is 6.82. The number of ether oxygens (including phenoxy) is 3. The van der Waals surface area contributed by atoms with Gasteiger partial charge in [0.05, 0.1) is 12.7 Å². The molecule has 0 fully saturated rings. The van der Waals surface area contributed by atoms with Gasteiger partial charge < -0.3 is 14.2 Å². The van der Waals surface area contributed by atoms with Gasteiger partial charge >= 0.3 is 11.9 Å². The quantitative estimate of drug-likeness (QED) is 0.314. The van der Waals surface area contributed by atoms with Gasteiger partial charge in [-0.2, -0.15) is 0 Å². The number of hydrogen-bond donors (Lipinski definition) is 0. The van der Waals surface area contributed by atoms with Gasteiger partial charge in [-0.25, -0.2) is 4.79 Å². The number of carbonyl (C=O) groups excluding carboxylic acids is 3. The first-order chi connectivity index (χ1) is 14.9. The third-order valence-corrected chi connectivity index (χ3v) is 4.60. The standard InChI is InChI=1S/C25H22O6/c1-16(24(27)20-10-12-22(29-3)13-11-20)30-25(28)21-6-4-18(5-7-21)19-8-14-23(15-9-19)31-17(2)26/h4-16H,1-3H3/t16-/m0/s1. The fraction of sp³-hybridized carbons (Fsp3) is 0.160. The second-order valence-corrected chi connectivity index (χ2v) is 6.84. The van der Waals surface area contributed by atoms with Crippen LogP contribution in [-0.4, -0.2) is 30.9 Å². The van der Waals surface area contributed by atoms with Gasteiger partial charge in [0.25, 0.3) is 0 Å². The van der Waals surface area contributed by atoms with Crippen molar-refractivity contribution in [2.45, 2.75) is 20.0 Å². The first kappa shape index (κ1) is 21.8. The van der Waals surface area contributed by atoms with Crippen LogP contribution in [0.1, 0.15) is 34.6 Å². The maximum absolute atomic E-state index is 12.5. The van der Waals surface area contributed by atoms with Crippen molar-refractivity contribution >= 4 is 17.7 Å². The Hall–Kier alpha value is -3.93. The number of hydrogen-bond acceptors (Lipinski definition) is 6. The Balaban J connectivity index is 1.64. The molecular formula is C25H22O6. The molecule has 0 aliphatic rings. The van der Waals surface area contributed by atoms with Crippen LogP contribution in [0.3, 0.4) is 0 Å². The average Bonchev–Trinajstić information content (AvgIpc) is 2.79. The van der Waals surface area contributed by atoms with Crippen molar-refractivity contribution in [3.63, 3.8) is 0 Å². The normalized spacial score (nSPS) is 11.3. The topological polar surface area (TPSA) is 78.9 Å². The third-order valence-electron chi connectivity index (χ3n) is 4.60. The summed E-state index contributed by atoms with van der Waals surface area (Å²) in [5.41, 5.74) is 2.57. The minimum Gasteiger partial charge on any atom is -0.497 e. The van der Waals surface area contributed by atoms with E-state index in [0.29, 0.717) is 22.6 Å². The molecule has 0 saturated heterocycles. The second-order valence-electron chi connectivity index (χ2n) is 6.84. The molecule has 0 spiro atoms. The van der Waals surface area contributed by atoms with Crippen molar-refractivity contribution in [2.24, 2.45) is 0 Å². The minimum absolute atomic E-state index is 0.291. The van der Waals surface area contributed by atoms with Crippen LogP contribution >= 0.6 is 0 Å². The van der Waals surface area contributed by atoms with E-state index in [4.69, 9.17) is 14.2 Å². The van der Waals surface area contributed by atoms with Crippen LogP contribution in [0.15, 0.2) is 72.8 Å². The zero-order chi connectivity index (χ0) is 22.4. The van der Waals surface area contributed by atoms with E-state index in [-0.39, 0.29) is 11.8 Å². The first-order valence-corrected chi connectivity index (χ1v) is 9.65. The van der Waals surface area contributed by atoms with Gasteiger partial charge in [0, 0.05) is 12.5 Å². The molecule has 0 aromatic heterocycles. The molecule has 0 unspecified atom stereocenters. The Bertz CT molecular complexity index is 1070. The Morgan fingerprint density at radius 3 is 1.71 bits per heavy atom. The number of rotatable bonds is 7. The first-order valence-electron chi connectivity index (χ1n) is 9.65. The summed E-state index contributed by atoms with van der Waals surface area (Å²) >= 11 is 0. The molecule has 3 aromatic rings. The lowest BCUT2D eigenvalue weighted by molar-refractivity contribution is -0.131. The molecule has 0 radical (unpaired) electrons. The number of Topliss-reactive ketones (excluding diaryl/α,β-unsaturated/α-hetero) is 1. The van der Waals surface area contributed by atoms with E-state index in [2.05, 4.69) is 0 Å². The molecule has 0 aliphatic carbocycles. The molecule has 3 aromatic carbocycles. The Morgan fingerprint density at radius 2 is 1.19 bits per heavy atom. The van der Waals surface area contributed by atoms with E-state index in [9.17, 15) is 14.4 Å². The number of benzene rings is 3. The predicted octanol–water partition coefficient (Wildman–Crippen LogP) is 4.72. The van der Waals surface area contributed by atoms with Crippen LogP contribution in [-0.2, 0) is 9.53 Å². The van der Waals surface area contributed by atoms with Gasteiger partial charge in [-0.15, -0.1) is 0 Å². The zero-order valence-corrected chi connectivity index (χ0v) is 17.5. The highest BCUT2D eigenvalue weighted by molar-refractivity contribution is 6.01.